The van der Waals surface area contributed by atoms with Crippen LogP contribution in [0.5, 0.6) is 0 Å². The lowest BCUT2D eigenvalue weighted by molar-refractivity contribution is -0.130. The molecule has 5 nitrogen and oxygen atoms in total. The molecule has 0 spiro atoms. The molecule has 0 fully saturated rings. The van der Waals surface area contributed by atoms with Crippen molar-refractivity contribution in [1.82, 2.24) is 5.01 Å². The smallest absolute Gasteiger partial charge is 0.345 e. The molecular formula is C23H22N2O3. The number of para-hydroxylation sites is 1. The number of nitrogens with zero attached hydrogens (tertiary/aromatic N) is 2. The Kier molecular flexibility index (Phi) is 4.59. The van der Waals surface area contributed by atoms with Gasteiger partial charge in [0.05, 0.1) is 17.3 Å². The van der Waals surface area contributed by atoms with Crippen LogP contribution >= 0.6 is 0 Å². The van der Waals surface area contributed by atoms with E-state index in [4.69, 9.17) is 4.42 Å². The lowest BCUT2D eigenvalue weighted by Crippen LogP contribution is -2.24. The minimum absolute atomic E-state index is 0.155. The van der Waals surface area contributed by atoms with E-state index in [-0.39, 0.29) is 11.9 Å². The highest BCUT2D eigenvalue weighted by Gasteiger charge is 2.32. The third kappa shape index (κ3) is 3.24. The van der Waals surface area contributed by atoms with E-state index in [9.17, 15) is 9.59 Å². The van der Waals surface area contributed by atoms with Crippen molar-refractivity contribution in [2.75, 3.05) is 0 Å². The molecule has 0 saturated heterocycles. The first-order valence-electron chi connectivity index (χ1n) is 9.44. The average Bonchev–Trinajstić information content (AvgIpc) is 3.13. The van der Waals surface area contributed by atoms with Gasteiger partial charge in [0.2, 0.25) is 5.91 Å². The van der Waals surface area contributed by atoms with Gasteiger partial charge in [-0.3, -0.25) is 4.79 Å². The summed E-state index contributed by atoms with van der Waals surface area (Å²) in [6.07, 6.45) is 0.476. The molecule has 2 heterocycles. The zero-order valence-electron chi connectivity index (χ0n) is 16.2. The summed E-state index contributed by atoms with van der Waals surface area (Å²) >= 11 is 0. The Bertz CT molecular complexity index is 1130. The quantitative estimate of drug-likeness (QED) is 0.629. The van der Waals surface area contributed by atoms with Crippen LogP contribution < -0.4 is 5.63 Å². The van der Waals surface area contributed by atoms with E-state index in [0.717, 1.165) is 10.9 Å². The Hall–Kier alpha value is -3.21. The second-order valence-corrected chi connectivity index (χ2v) is 7.44. The summed E-state index contributed by atoms with van der Waals surface area (Å²) in [6, 6.07) is 17.2. The molecule has 5 heteroatoms. The van der Waals surface area contributed by atoms with Crippen molar-refractivity contribution >= 4 is 22.6 Å². The van der Waals surface area contributed by atoms with Gasteiger partial charge in [-0.15, -0.1) is 0 Å². The van der Waals surface area contributed by atoms with Crippen LogP contribution in [0.1, 0.15) is 55.8 Å². The number of hydrogen-bond acceptors (Lipinski definition) is 4. The molecule has 1 atom stereocenters. The number of carbonyl (C=O) groups excluding carboxylic acids is 1. The number of benzene rings is 2. The van der Waals surface area contributed by atoms with Gasteiger partial charge in [-0.2, -0.15) is 5.10 Å². The summed E-state index contributed by atoms with van der Waals surface area (Å²) in [5.74, 6) is 0.286. The van der Waals surface area contributed by atoms with Crippen molar-refractivity contribution < 1.29 is 9.21 Å². The van der Waals surface area contributed by atoms with Crippen molar-refractivity contribution in [1.29, 1.82) is 0 Å². The lowest BCUT2D eigenvalue weighted by Gasteiger charge is -2.21. The fourth-order valence-electron chi connectivity index (χ4n) is 3.59. The van der Waals surface area contributed by atoms with Crippen molar-refractivity contribution in [2.45, 2.75) is 39.2 Å². The molecular weight excluding hydrogens is 352 g/mol. The highest BCUT2D eigenvalue weighted by molar-refractivity contribution is 6.04. The van der Waals surface area contributed by atoms with Crippen molar-refractivity contribution in [3.63, 3.8) is 0 Å². The van der Waals surface area contributed by atoms with E-state index in [1.165, 1.54) is 17.5 Å². The normalized spacial score (nSPS) is 16.6. The molecule has 4 rings (SSSR count). The average molecular weight is 374 g/mol. The van der Waals surface area contributed by atoms with Gasteiger partial charge in [-0.05, 0) is 29.2 Å². The standard InChI is InChI=1S/C23H22N2O3/c1-14(2)16-8-10-17(11-9-16)21-13-20(24-25(21)15(3)26)19-12-18-6-4-5-7-22(18)28-23(19)27/h4-12,14,21H,13H2,1-3H3/t21-/m0/s1. The maximum absolute atomic E-state index is 12.5. The van der Waals surface area contributed by atoms with E-state index in [1.807, 2.05) is 30.3 Å². The highest BCUT2D eigenvalue weighted by Crippen LogP contribution is 2.33. The van der Waals surface area contributed by atoms with E-state index in [2.05, 4.69) is 31.1 Å². The topological polar surface area (TPSA) is 62.9 Å². The molecule has 0 N–H and O–H groups in total. The van der Waals surface area contributed by atoms with Crippen molar-refractivity contribution in [3.05, 3.63) is 81.7 Å². The predicted molar refractivity (Wildman–Crippen MR) is 109 cm³/mol. The van der Waals surface area contributed by atoms with Crippen LogP contribution in [0.25, 0.3) is 11.0 Å². The van der Waals surface area contributed by atoms with E-state index >= 15 is 0 Å². The first-order chi connectivity index (χ1) is 13.4. The number of amides is 1. The van der Waals surface area contributed by atoms with Crippen LogP contribution in [0.3, 0.4) is 0 Å². The fourth-order valence-corrected chi connectivity index (χ4v) is 3.59. The molecule has 0 radical (unpaired) electrons. The fraction of sp³-hybridized carbons (Fsp3) is 0.261. The zero-order chi connectivity index (χ0) is 19.8. The first-order valence-corrected chi connectivity index (χ1v) is 9.44. The van der Waals surface area contributed by atoms with Gasteiger partial charge in [0.25, 0.3) is 0 Å². The number of fused-ring (bicyclic) bond motifs is 1. The predicted octanol–water partition coefficient (Wildman–Crippen LogP) is 4.61. The molecule has 142 valence electrons. The Morgan fingerprint density at radius 3 is 2.54 bits per heavy atom. The summed E-state index contributed by atoms with van der Waals surface area (Å²) in [5.41, 5.74) is 3.34. The molecule has 3 aromatic rings. The number of carbonyl (C=O) groups is 1. The van der Waals surface area contributed by atoms with E-state index in [1.54, 1.807) is 12.1 Å². The maximum atomic E-state index is 12.5. The molecule has 1 aromatic heterocycles. The van der Waals surface area contributed by atoms with Crippen LogP contribution in [0.2, 0.25) is 0 Å². The minimum Gasteiger partial charge on any atom is -0.422 e. The zero-order valence-corrected chi connectivity index (χ0v) is 16.2. The first kappa shape index (κ1) is 18.2. The largest absolute Gasteiger partial charge is 0.422 e. The van der Waals surface area contributed by atoms with Gasteiger partial charge < -0.3 is 4.42 Å². The van der Waals surface area contributed by atoms with Crippen LogP contribution in [0.4, 0.5) is 0 Å². The second-order valence-electron chi connectivity index (χ2n) is 7.44. The van der Waals surface area contributed by atoms with Gasteiger partial charge >= 0.3 is 5.63 Å². The van der Waals surface area contributed by atoms with Gasteiger partial charge in [0.1, 0.15) is 5.58 Å². The molecule has 0 aliphatic carbocycles. The summed E-state index contributed by atoms with van der Waals surface area (Å²) in [4.78, 5) is 24.7. The van der Waals surface area contributed by atoms with Crippen molar-refractivity contribution in [2.24, 2.45) is 5.10 Å². The number of hydrazone groups is 1. The molecule has 0 unspecified atom stereocenters. The maximum Gasteiger partial charge on any atom is 0.345 e. The van der Waals surface area contributed by atoms with E-state index in [0.29, 0.717) is 29.2 Å². The lowest BCUT2D eigenvalue weighted by atomic mass is 9.95. The summed E-state index contributed by atoms with van der Waals surface area (Å²) < 4.78 is 5.44. The summed E-state index contributed by atoms with van der Waals surface area (Å²) in [6.45, 7) is 5.78. The minimum atomic E-state index is -0.434. The van der Waals surface area contributed by atoms with Crippen LogP contribution in [-0.2, 0) is 4.79 Å². The van der Waals surface area contributed by atoms with Crippen LogP contribution in [-0.4, -0.2) is 16.6 Å². The number of rotatable bonds is 3. The Morgan fingerprint density at radius 1 is 1.14 bits per heavy atom. The number of hydrogen-bond donors (Lipinski definition) is 0. The van der Waals surface area contributed by atoms with Gasteiger partial charge in [-0.1, -0.05) is 56.3 Å². The highest BCUT2D eigenvalue weighted by atomic mass is 16.4. The van der Waals surface area contributed by atoms with Gasteiger partial charge in [0, 0.05) is 18.7 Å². The monoisotopic (exact) mass is 374 g/mol. The second kappa shape index (κ2) is 7.08. The Labute approximate surface area is 163 Å². The summed E-state index contributed by atoms with van der Waals surface area (Å²) in [7, 11) is 0. The molecule has 0 bridgehead atoms. The SMILES string of the molecule is CC(=O)N1N=C(c2cc3ccccc3oc2=O)C[C@H]1c1ccc(C(C)C)cc1. The van der Waals surface area contributed by atoms with Gasteiger partial charge in [0.15, 0.2) is 0 Å². The summed E-state index contributed by atoms with van der Waals surface area (Å²) in [5, 5.41) is 6.78. The van der Waals surface area contributed by atoms with E-state index < -0.39 is 5.63 Å². The third-order valence-corrected chi connectivity index (χ3v) is 5.17. The third-order valence-electron chi connectivity index (χ3n) is 5.17. The van der Waals surface area contributed by atoms with Crippen LogP contribution in [0.15, 0.2) is 68.9 Å². The van der Waals surface area contributed by atoms with Crippen molar-refractivity contribution in [3.8, 4) is 0 Å². The molecule has 28 heavy (non-hydrogen) atoms. The molecule has 2 aromatic carbocycles. The molecule has 1 amide bonds. The Balaban J connectivity index is 1.72. The molecule has 1 aliphatic rings. The molecule has 0 saturated carbocycles. The molecule has 1 aliphatic heterocycles. The van der Waals surface area contributed by atoms with Crippen LogP contribution in [0, 0.1) is 0 Å². The van der Waals surface area contributed by atoms with Gasteiger partial charge in [-0.25, -0.2) is 9.80 Å². The Morgan fingerprint density at radius 2 is 1.86 bits per heavy atom.